The van der Waals surface area contributed by atoms with Crippen molar-refractivity contribution >= 4 is 11.9 Å². The Morgan fingerprint density at radius 3 is 1.00 bits per heavy atom. The molecular weight excluding hydrogens is 875 g/mol. The van der Waals surface area contributed by atoms with Crippen molar-refractivity contribution in [3.63, 3.8) is 0 Å². The van der Waals surface area contributed by atoms with E-state index in [1.807, 2.05) is 6.08 Å². The number of aliphatic hydroxyl groups is 2. The third-order valence-corrected chi connectivity index (χ3v) is 15.0. The number of ether oxygens (including phenoxy) is 1. The molecule has 0 radical (unpaired) electrons. The van der Waals surface area contributed by atoms with Crippen LogP contribution in [0.3, 0.4) is 0 Å². The quantitative estimate of drug-likeness (QED) is 0.0320. The van der Waals surface area contributed by atoms with Gasteiger partial charge in [-0.1, -0.05) is 308 Å². The summed E-state index contributed by atoms with van der Waals surface area (Å²) >= 11 is 0. The van der Waals surface area contributed by atoms with E-state index in [2.05, 4.69) is 31.3 Å². The summed E-state index contributed by atoms with van der Waals surface area (Å²) in [7, 11) is 0. The van der Waals surface area contributed by atoms with Gasteiger partial charge in [-0.2, -0.15) is 0 Å². The first kappa shape index (κ1) is 69.3. The van der Waals surface area contributed by atoms with Crippen LogP contribution in [0.15, 0.2) is 24.3 Å². The molecule has 71 heavy (non-hydrogen) atoms. The predicted octanol–water partition coefficient (Wildman–Crippen LogP) is 20.2. The lowest BCUT2D eigenvalue weighted by Crippen LogP contribution is -2.45. The fraction of sp³-hybridized carbons (Fsp3) is 0.908. The van der Waals surface area contributed by atoms with Gasteiger partial charge in [-0.05, 0) is 57.8 Å². The van der Waals surface area contributed by atoms with Crippen molar-refractivity contribution in [2.24, 2.45) is 0 Å². The third kappa shape index (κ3) is 57.5. The van der Waals surface area contributed by atoms with Crippen LogP contribution in [-0.2, 0) is 14.3 Å². The van der Waals surface area contributed by atoms with Gasteiger partial charge in [-0.3, -0.25) is 9.59 Å². The Morgan fingerprint density at radius 1 is 0.380 bits per heavy atom. The summed E-state index contributed by atoms with van der Waals surface area (Å²) in [5, 5.41) is 23.1. The number of rotatable bonds is 60. The number of hydrogen-bond donors (Lipinski definition) is 3. The number of unbranched alkanes of at least 4 members (excludes halogenated alkanes) is 47. The highest BCUT2D eigenvalue weighted by atomic mass is 16.5. The molecule has 3 N–H and O–H groups in total. The van der Waals surface area contributed by atoms with Gasteiger partial charge in [0.15, 0.2) is 0 Å². The molecule has 2 atom stereocenters. The van der Waals surface area contributed by atoms with Crippen molar-refractivity contribution in [2.75, 3.05) is 13.2 Å². The van der Waals surface area contributed by atoms with Gasteiger partial charge in [0, 0.05) is 12.8 Å². The Bertz CT molecular complexity index is 1110. The van der Waals surface area contributed by atoms with Crippen molar-refractivity contribution in [2.45, 2.75) is 366 Å². The van der Waals surface area contributed by atoms with Crippen molar-refractivity contribution in [3.05, 3.63) is 24.3 Å². The van der Waals surface area contributed by atoms with Crippen molar-refractivity contribution in [1.82, 2.24) is 5.32 Å². The number of nitrogens with one attached hydrogen (secondary N) is 1. The number of hydrogen-bond acceptors (Lipinski definition) is 5. The van der Waals surface area contributed by atoms with E-state index < -0.39 is 12.1 Å². The SMILES string of the molecule is CCCCCCCCC/C=C\CCCCCCCCCC(=O)OCCCCCCCCCCCCCCCCCCCCCCCCCCC(=O)NC(CO)C(O)/C=C/CCCCCCCCCCCC. The second-order valence-corrected chi connectivity index (χ2v) is 22.1. The molecule has 0 saturated heterocycles. The van der Waals surface area contributed by atoms with Gasteiger partial charge in [0.1, 0.15) is 0 Å². The predicted molar refractivity (Wildman–Crippen MR) is 310 cm³/mol. The summed E-state index contributed by atoms with van der Waals surface area (Å²) in [5.41, 5.74) is 0. The first-order valence-corrected chi connectivity index (χ1v) is 32.1. The van der Waals surface area contributed by atoms with E-state index >= 15 is 0 Å². The molecule has 0 aromatic carbocycles. The smallest absolute Gasteiger partial charge is 0.305 e. The highest BCUT2D eigenvalue weighted by Gasteiger charge is 2.18. The maximum Gasteiger partial charge on any atom is 0.305 e. The molecule has 420 valence electrons. The van der Waals surface area contributed by atoms with E-state index in [-0.39, 0.29) is 18.5 Å². The molecule has 0 aliphatic carbocycles. The Kier molecular flexibility index (Phi) is 59.5. The third-order valence-electron chi connectivity index (χ3n) is 15.0. The summed E-state index contributed by atoms with van der Waals surface area (Å²) in [6, 6.07) is -0.625. The van der Waals surface area contributed by atoms with Gasteiger partial charge >= 0.3 is 5.97 Å². The highest BCUT2D eigenvalue weighted by molar-refractivity contribution is 5.76. The standard InChI is InChI=1S/C65H125NO5/c1-3-5-7-9-11-13-15-17-18-19-29-32-35-39-43-47-51-55-59-65(70)71-60-56-52-48-44-40-36-33-30-27-25-23-21-20-22-24-26-28-31-34-38-42-46-50-54-58-64(69)66-62(61-67)63(68)57-53-49-45-41-37-16-14-12-10-8-6-4-2/h18-19,53,57,62-63,67-68H,3-17,20-52,54-56,58-61H2,1-2H3,(H,66,69)/b19-18-,57-53+. The zero-order valence-corrected chi connectivity index (χ0v) is 48.0. The summed E-state index contributed by atoms with van der Waals surface area (Å²) in [4.78, 5) is 24.5. The largest absolute Gasteiger partial charge is 0.466 e. The van der Waals surface area contributed by atoms with Gasteiger partial charge in [0.25, 0.3) is 0 Å². The second-order valence-electron chi connectivity index (χ2n) is 22.1. The average molecular weight is 1000 g/mol. The molecule has 0 heterocycles. The molecule has 0 saturated carbocycles. The molecule has 0 aliphatic heterocycles. The van der Waals surface area contributed by atoms with E-state index in [9.17, 15) is 19.8 Å². The lowest BCUT2D eigenvalue weighted by Gasteiger charge is -2.20. The van der Waals surface area contributed by atoms with Crippen LogP contribution in [0.2, 0.25) is 0 Å². The number of esters is 1. The molecule has 0 rings (SSSR count). The summed E-state index contributed by atoms with van der Waals surface area (Å²) in [5.74, 6) is -0.0539. The Morgan fingerprint density at radius 2 is 0.662 bits per heavy atom. The molecule has 1 amide bonds. The van der Waals surface area contributed by atoms with Gasteiger partial charge in [0.2, 0.25) is 5.91 Å². The normalized spacial score (nSPS) is 12.7. The van der Waals surface area contributed by atoms with E-state index in [4.69, 9.17) is 4.74 Å². The zero-order valence-electron chi connectivity index (χ0n) is 48.0. The topological polar surface area (TPSA) is 95.9 Å². The molecule has 2 unspecified atom stereocenters. The average Bonchev–Trinajstić information content (AvgIpc) is 3.37. The molecule has 0 bridgehead atoms. The summed E-state index contributed by atoms with van der Waals surface area (Å²) in [6.07, 6.45) is 75.2. The summed E-state index contributed by atoms with van der Waals surface area (Å²) in [6.45, 7) is 4.91. The van der Waals surface area contributed by atoms with E-state index in [0.717, 1.165) is 44.9 Å². The van der Waals surface area contributed by atoms with Crippen LogP contribution in [0.4, 0.5) is 0 Å². The maximum atomic E-state index is 12.4. The molecule has 0 aliphatic rings. The molecule has 0 fully saturated rings. The van der Waals surface area contributed by atoms with Crippen LogP contribution >= 0.6 is 0 Å². The van der Waals surface area contributed by atoms with Gasteiger partial charge in [-0.15, -0.1) is 0 Å². The molecule has 6 nitrogen and oxygen atoms in total. The van der Waals surface area contributed by atoms with Crippen LogP contribution in [0.5, 0.6) is 0 Å². The minimum absolute atomic E-state index is 0.0124. The minimum Gasteiger partial charge on any atom is -0.466 e. The highest BCUT2D eigenvalue weighted by Crippen LogP contribution is 2.18. The Balaban J connectivity index is 3.35. The van der Waals surface area contributed by atoms with E-state index in [1.165, 1.54) is 283 Å². The number of carbonyl (C=O) groups excluding carboxylic acids is 2. The monoisotopic (exact) mass is 1000 g/mol. The van der Waals surface area contributed by atoms with Gasteiger partial charge < -0.3 is 20.3 Å². The maximum absolute atomic E-state index is 12.4. The lowest BCUT2D eigenvalue weighted by molar-refractivity contribution is -0.143. The number of aliphatic hydroxyl groups excluding tert-OH is 2. The fourth-order valence-corrected chi connectivity index (χ4v) is 10.0. The van der Waals surface area contributed by atoms with Crippen LogP contribution in [0.1, 0.15) is 354 Å². The number of amides is 1. The van der Waals surface area contributed by atoms with Crippen LogP contribution in [-0.4, -0.2) is 47.4 Å². The van der Waals surface area contributed by atoms with Crippen molar-refractivity contribution < 1.29 is 24.5 Å². The number of carbonyl (C=O) groups is 2. The number of allylic oxidation sites excluding steroid dienone is 3. The van der Waals surface area contributed by atoms with E-state index in [1.54, 1.807) is 6.08 Å². The summed E-state index contributed by atoms with van der Waals surface area (Å²) < 4.78 is 5.50. The molecule has 0 spiro atoms. The molecule has 0 aromatic heterocycles. The van der Waals surface area contributed by atoms with Crippen molar-refractivity contribution in [3.8, 4) is 0 Å². The molecule has 0 aromatic rings. The fourth-order valence-electron chi connectivity index (χ4n) is 10.0. The first-order chi connectivity index (χ1) is 35.0. The molecular formula is C65H125NO5. The van der Waals surface area contributed by atoms with Crippen LogP contribution < -0.4 is 5.32 Å². The Hall–Kier alpha value is -1.66. The van der Waals surface area contributed by atoms with Gasteiger partial charge in [-0.25, -0.2) is 0 Å². The van der Waals surface area contributed by atoms with Crippen LogP contribution in [0.25, 0.3) is 0 Å². The first-order valence-electron chi connectivity index (χ1n) is 32.1. The molecule has 6 heteroatoms. The minimum atomic E-state index is -0.842. The lowest BCUT2D eigenvalue weighted by atomic mass is 10.0. The second kappa shape index (κ2) is 60.9. The Labute approximate surface area is 443 Å². The van der Waals surface area contributed by atoms with E-state index in [0.29, 0.717) is 19.4 Å². The van der Waals surface area contributed by atoms with Crippen LogP contribution in [0, 0.1) is 0 Å². The van der Waals surface area contributed by atoms with Crippen molar-refractivity contribution in [1.29, 1.82) is 0 Å². The van der Waals surface area contributed by atoms with Gasteiger partial charge in [0.05, 0.1) is 25.4 Å². The zero-order chi connectivity index (χ0) is 51.4.